The average Bonchev–Trinajstić information content (AvgIpc) is 2.77. The Bertz CT molecular complexity index is 386. The first-order chi connectivity index (χ1) is 9.03. The standard InChI is InChI=1S/C17H28N2/c1-5-18-16(15-9-7-6-8-10-15)14(2)19-12-11-17(3,4)13-19/h6-10,14,16,18H,5,11-13H2,1-4H3. The van der Waals surface area contributed by atoms with Crippen molar-refractivity contribution >= 4 is 0 Å². The normalized spacial score (nSPS) is 22.3. The Morgan fingerprint density at radius 3 is 2.47 bits per heavy atom. The number of hydrogen-bond donors (Lipinski definition) is 1. The van der Waals surface area contributed by atoms with Gasteiger partial charge < -0.3 is 5.32 Å². The molecule has 0 amide bonds. The predicted octanol–water partition coefficient (Wildman–Crippen LogP) is 3.46. The molecule has 1 aromatic rings. The lowest BCUT2D eigenvalue weighted by molar-refractivity contribution is 0.188. The zero-order valence-electron chi connectivity index (χ0n) is 12.8. The minimum absolute atomic E-state index is 0.431. The lowest BCUT2D eigenvalue weighted by Crippen LogP contribution is -2.42. The minimum atomic E-state index is 0.431. The molecule has 0 radical (unpaired) electrons. The topological polar surface area (TPSA) is 15.3 Å². The van der Waals surface area contributed by atoms with Gasteiger partial charge in [0.1, 0.15) is 0 Å². The first-order valence-electron chi connectivity index (χ1n) is 7.56. The van der Waals surface area contributed by atoms with E-state index in [2.05, 4.69) is 68.2 Å². The van der Waals surface area contributed by atoms with E-state index < -0.39 is 0 Å². The van der Waals surface area contributed by atoms with Gasteiger partial charge in [-0.25, -0.2) is 0 Å². The Balaban J connectivity index is 2.11. The minimum Gasteiger partial charge on any atom is -0.309 e. The summed E-state index contributed by atoms with van der Waals surface area (Å²) >= 11 is 0. The van der Waals surface area contributed by atoms with Gasteiger partial charge in [0, 0.05) is 18.6 Å². The van der Waals surface area contributed by atoms with Crippen molar-refractivity contribution in [2.45, 2.75) is 46.2 Å². The van der Waals surface area contributed by atoms with E-state index in [1.165, 1.54) is 25.1 Å². The molecule has 1 aliphatic rings. The summed E-state index contributed by atoms with van der Waals surface area (Å²) in [6, 6.07) is 11.8. The highest BCUT2D eigenvalue weighted by Gasteiger charge is 2.34. The lowest BCUT2D eigenvalue weighted by Gasteiger charge is -2.33. The molecule has 1 heterocycles. The van der Waals surface area contributed by atoms with Gasteiger partial charge in [0.05, 0.1) is 0 Å². The van der Waals surface area contributed by atoms with Crippen molar-refractivity contribution in [3.05, 3.63) is 35.9 Å². The maximum Gasteiger partial charge on any atom is 0.0475 e. The van der Waals surface area contributed by atoms with Crippen LogP contribution in [0.1, 0.15) is 45.7 Å². The molecule has 1 saturated heterocycles. The van der Waals surface area contributed by atoms with Crippen LogP contribution in [0.3, 0.4) is 0 Å². The number of rotatable bonds is 5. The second-order valence-electron chi connectivity index (χ2n) is 6.57. The van der Waals surface area contributed by atoms with E-state index in [1.54, 1.807) is 0 Å². The number of benzene rings is 1. The smallest absolute Gasteiger partial charge is 0.0475 e. The summed E-state index contributed by atoms with van der Waals surface area (Å²) in [4.78, 5) is 2.64. The molecule has 2 rings (SSSR count). The van der Waals surface area contributed by atoms with Crippen LogP contribution in [0.25, 0.3) is 0 Å². The Morgan fingerprint density at radius 1 is 1.26 bits per heavy atom. The Kier molecular flexibility index (Phi) is 4.64. The molecule has 0 bridgehead atoms. The van der Waals surface area contributed by atoms with Crippen molar-refractivity contribution in [1.29, 1.82) is 0 Å². The van der Waals surface area contributed by atoms with Crippen molar-refractivity contribution in [2.24, 2.45) is 5.41 Å². The van der Waals surface area contributed by atoms with Crippen LogP contribution in [-0.4, -0.2) is 30.6 Å². The van der Waals surface area contributed by atoms with Crippen LogP contribution in [0.15, 0.2) is 30.3 Å². The third kappa shape index (κ3) is 3.58. The van der Waals surface area contributed by atoms with Gasteiger partial charge in [0.2, 0.25) is 0 Å². The van der Waals surface area contributed by atoms with E-state index in [-0.39, 0.29) is 0 Å². The molecule has 0 saturated carbocycles. The molecule has 1 N–H and O–H groups in total. The fourth-order valence-corrected chi connectivity index (χ4v) is 3.16. The maximum absolute atomic E-state index is 3.66. The van der Waals surface area contributed by atoms with Crippen molar-refractivity contribution in [3.63, 3.8) is 0 Å². The summed E-state index contributed by atoms with van der Waals surface area (Å²) in [5, 5.41) is 3.66. The third-order valence-electron chi connectivity index (χ3n) is 4.35. The molecule has 1 aromatic carbocycles. The molecule has 106 valence electrons. The van der Waals surface area contributed by atoms with Gasteiger partial charge in [-0.2, -0.15) is 0 Å². The third-order valence-corrected chi connectivity index (χ3v) is 4.35. The van der Waals surface area contributed by atoms with Crippen LogP contribution < -0.4 is 5.32 Å². The summed E-state index contributed by atoms with van der Waals surface area (Å²) in [5.41, 5.74) is 1.88. The average molecular weight is 260 g/mol. The van der Waals surface area contributed by atoms with Gasteiger partial charge in [-0.3, -0.25) is 4.90 Å². The lowest BCUT2D eigenvalue weighted by atomic mass is 9.93. The highest BCUT2D eigenvalue weighted by Crippen LogP contribution is 2.33. The highest BCUT2D eigenvalue weighted by molar-refractivity contribution is 5.20. The number of likely N-dealkylation sites (tertiary alicyclic amines) is 1. The first-order valence-corrected chi connectivity index (χ1v) is 7.56. The number of hydrogen-bond acceptors (Lipinski definition) is 2. The molecule has 0 spiro atoms. The van der Waals surface area contributed by atoms with Crippen LogP contribution in [0.2, 0.25) is 0 Å². The zero-order chi connectivity index (χ0) is 13.9. The SMILES string of the molecule is CCNC(c1ccccc1)C(C)N1CCC(C)(C)C1. The summed E-state index contributed by atoms with van der Waals surface area (Å²) in [5.74, 6) is 0. The van der Waals surface area contributed by atoms with Gasteiger partial charge in [0.15, 0.2) is 0 Å². The molecule has 2 unspecified atom stereocenters. The molecule has 2 nitrogen and oxygen atoms in total. The molecule has 2 heteroatoms. The highest BCUT2D eigenvalue weighted by atomic mass is 15.2. The van der Waals surface area contributed by atoms with Crippen molar-refractivity contribution in [1.82, 2.24) is 10.2 Å². The van der Waals surface area contributed by atoms with Crippen LogP contribution in [0, 0.1) is 5.41 Å². The van der Waals surface area contributed by atoms with Crippen molar-refractivity contribution in [2.75, 3.05) is 19.6 Å². The molecule has 1 aliphatic heterocycles. The van der Waals surface area contributed by atoms with E-state index in [1.807, 2.05) is 0 Å². The van der Waals surface area contributed by atoms with Gasteiger partial charge in [0.25, 0.3) is 0 Å². The number of nitrogens with zero attached hydrogens (tertiary/aromatic N) is 1. The first kappa shape index (κ1) is 14.5. The van der Waals surface area contributed by atoms with Gasteiger partial charge in [-0.05, 0) is 37.4 Å². The maximum atomic E-state index is 3.66. The fraction of sp³-hybridized carbons (Fsp3) is 0.647. The van der Waals surface area contributed by atoms with E-state index in [0.29, 0.717) is 17.5 Å². The Morgan fingerprint density at radius 2 is 1.95 bits per heavy atom. The Hall–Kier alpha value is -0.860. The summed E-state index contributed by atoms with van der Waals surface area (Å²) < 4.78 is 0. The molecular formula is C17H28N2. The summed E-state index contributed by atoms with van der Waals surface area (Å²) in [6.07, 6.45) is 1.31. The van der Waals surface area contributed by atoms with Crippen LogP contribution in [0.4, 0.5) is 0 Å². The largest absolute Gasteiger partial charge is 0.309 e. The molecule has 19 heavy (non-hydrogen) atoms. The second kappa shape index (κ2) is 6.06. The summed E-state index contributed by atoms with van der Waals surface area (Å²) in [6.45, 7) is 12.8. The fourth-order valence-electron chi connectivity index (χ4n) is 3.16. The van der Waals surface area contributed by atoms with Crippen molar-refractivity contribution < 1.29 is 0 Å². The predicted molar refractivity (Wildman–Crippen MR) is 82.3 cm³/mol. The molecule has 0 aromatic heterocycles. The van der Waals surface area contributed by atoms with E-state index in [9.17, 15) is 0 Å². The van der Waals surface area contributed by atoms with Crippen LogP contribution in [-0.2, 0) is 0 Å². The van der Waals surface area contributed by atoms with E-state index in [4.69, 9.17) is 0 Å². The van der Waals surface area contributed by atoms with Crippen molar-refractivity contribution in [3.8, 4) is 0 Å². The van der Waals surface area contributed by atoms with Crippen LogP contribution >= 0.6 is 0 Å². The molecule has 2 atom stereocenters. The zero-order valence-corrected chi connectivity index (χ0v) is 12.8. The Labute approximate surface area is 118 Å². The molecule has 1 fully saturated rings. The van der Waals surface area contributed by atoms with Gasteiger partial charge >= 0.3 is 0 Å². The summed E-state index contributed by atoms with van der Waals surface area (Å²) in [7, 11) is 0. The van der Waals surface area contributed by atoms with Gasteiger partial charge in [-0.1, -0.05) is 51.1 Å². The number of likely N-dealkylation sites (N-methyl/N-ethyl adjacent to an activating group) is 1. The van der Waals surface area contributed by atoms with E-state index in [0.717, 1.165) is 6.54 Å². The monoisotopic (exact) mass is 260 g/mol. The number of nitrogens with one attached hydrogen (secondary N) is 1. The van der Waals surface area contributed by atoms with E-state index >= 15 is 0 Å². The quantitative estimate of drug-likeness (QED) is 0.872. The van der Waals surface area contributed by atoms with Gasteiger partial charge in [-0.15, -0.1) is 0 Å². The molecule has 0 aliphatic carbocycles. The van der Waals surface area contributed by atoms with Crippen LogP contribution in [0.5, 0.6) is 0 Å². The molecular weight excluding hydrogens is 232 g/mol. The second-order valence-corrected chi connectivity index (χ2v) is 6.57.